The van der Waals surface area contributed by atoms with Crippen LogP contribution in [-0.2, 0) is 10.0 Å². The maximum atomic E-state index is 12.4. The molecule has 0 bridgehead atoms. The maximum Gasteiger partial charge on any atom is 0.235 e. The van der Waals surface area contributed by atoms with Gasteiger partial charge in [-0.1, -0.05) is 13.3 Å². The molecule has 0 radical (unpaired) electrons. The van der Waals surface area contributed by atoms with Crippen molar-refractivity contribution in [1.82, 2.24) is 0 Å². The van der Waals surface area contributed by atoms with Crippen molar-refractivity contribution in [3.63, 3.8) is 0 Å². The molecule has 1 aliphatic heterocycles. The molecule has 6 heteroatoms. The van der Waals surface area contributed by atoms with Crippen LogP contribution in [0.1, 0.15) is 36.5 Å². The number of fused-ring (bicyclic) bond motifs is 1. The number of sulfonamides is 1. The third-order valence-electron chi connectivity index (χ3n) is 3.41. The van der Waals surface area contributed by atoms with E-state index in [0.29, 0.717) is 23.4 Å². The average molecular weight is 297 g/mol. The van der Waals surface area contributed by atoms with E-state index in [-0.39, 0.29) is 24.5 Å². The predicted molar refractivity (Wildman–Crippen MR) is 78.0 cm³/mol. The highest BCUT2D eigenvalue weighted by molar-refractivity contribution is 7.92. The first-order chi connectivity index (χ1) is 9.49. The van der Waals surface area contributed by atoms with Crippen molar-refractivity contribution in [3.8, 4) is 5.75 Å². The van der Waals surface area contributed by atoms with Gasteiger partial charge in [0, 0.05) is 18.5 Å². The van der Waals surface area contributed by atoms with Crippen LogP contribution in [-0.4, -0.2) is 33.6 Å². The first-order valence-corrected chi connectivity index (χ1v) is 8.32. The summed E-state index contributed by atoms with van der Waals surface area (Å²) in [7, 11) is -1.84. The summed E-state index contributed by atoms with van der Waals surface area (Å²) >= 11 is 0. The Morgan fingerprint density at radius 3 is 2.75 bits per heavy atom. The second-order valence-corrected chi connectivity index (χ2v) is 6.81. The minimum atomic E-state index is -3.36. The van der Waals surface area contributed by atoms with Crippen LogP contribution in [0.15, 0.2) is 18.2 Å². The van der Waals surface area contributed by atoms with Crippen molar-refractivity contribution < 1.29 is 17.9 Å². The van der Waals surface area contributed by atoms with Gasteiger partial charge in [-0.05, 0) is 24.6 Å². The summed E-state index contributed by atoms with van der Waals surface area (Å²) in [5.41, 5.74) is 0.897. The van der Waals surface area contributed by atoms with Crippen LogP contribution in [0.3, 0.4) is 0 Å². The van der Waals surface area contributed by atoms with E-state index in [0.717, 1.165) is 6.42 Å². The van der Waals surface area contributed by atoms with Crippen LogP contribution in [0.5, 0.6) is 5.75 Å². The fraction of sp³-hybridized carbons (Fsp3) is 0.500. The number of unbranched alkanes of at least 4 members (excludes halogenated alkanes) is 1. The number of ketones is 1. The summed E-state index contributed by atoms with van der Waals surface area (Å²) in [6.45, 7) is 2.18. The van der Waals surface area contributed by atoms with Crippen molar-refractivity contribution in [2.75, 3.05) is 23.7 Å². The summed E-state index contributed by atoms with van der Waals surface area (Å²) in [5, 5.41) is 0. The molecule has 0 fully saturated rings. The monoisotopic (exact) mass is 297 g/mol. The zero-order valence-corrected chi connectivity index (χ0v) is 12.6. The number of carbonyl (C=O) groups is 1. The highest BCUT2D eigenvalue weighted by Crippen LogP contribution is 2.32. The Morgan fingerprint density at radius 2 is 2.10 bits per heavy atom. The quantitative estimate of drug-likeness (QED) is 0.836. The van der Waals surface area contributed by atoms with Crippen LogP contribution in [0.4, 0.5) is 5.69 Å². The number of hydrogen-bond donors (Lipinski definition) is 0. The molecule has 0 amide bonds. The molecule has 110 valence electrons. The molecule has 2 rings (SSSR count). The summed E-state index contributed by atoms with van der Waals surface area (Å²) in [4.78, 5) is 12.0. The Balaban J connectivity index is 2.41. The number of hydrogen-bond acceptors (Lipinski definition) is 4. The topological polar surface area (TPSA) is 63.7 Å². The molecule has 5 nitrogen and oxygen atoms in total. The van der Waals surface area contributed by atoms with E-state index in [2.05, 4.69) is 0 Å². The van der Waals surface area contributed by atoms with E-state index in [4.69, 9.17) is 4.74 Å². The molecule has 0 N–H and O–H groups in total. The van der Waals surface area contributed by atoms with E-state index in [1.807, 2.05) is 6.92 Å². The van der Waals surface area contributed by atoms with Gasteiger partial charge in [-0.3, -0.25) is 9.10 Å². The summed E-state index contributed by atoms with van der Waals surface area (Å²) in [6, 6.07) is 4.94. The normalized spacial score (nSPS) is 15.1. The lowest BCUT2D eigenvalue weighted by Gasteiger charge is -2.30. The summed E-state index contributed by atoms with van der Waals surface area (Å²) in [5.74, 6) is 0.633. The lowest BCUT2D eigenvalue weighted by atomic mass is 10.0. The zero-order chi connectivity index (χ0) is 14.8. The van der Waals surface area contributed by atoms with E-state index >= 15 is 0 Å². The molecule has 0 saturated carbocycles. The van der Waals surface area contributed by atoms with Crippen molar-refractivity contribution in [3.05, 3.63) is 23.8 Å². The molecule has 1 aliphatic rings. The zero-order valence-electron chi connectivity index (χ0n) is 11.8. The van der Waals surface area contributed by atoms with Gasteiger partial charge in [-0.25, -0.2) is 8.42 Å². The molecule has 20 heavy (non-hydrogen) atoms. The number of rotatable bonds is 5. The fourth-order valence-electron chi connectivity index (χ4n) is 2.27. The molecule has 0 spiro atoms. The van der Waals surface area contributed by atoms with Crippen LogP contribution >= 0.6 is 0 Å². The molecule has 0 saturated heterocycles. The third-order valence-corrected chi connectivity index (χ3v) is 5.26. The van der Waals surface area contributed by atoms with Crippen LogP contribution < -0.4 is 9.04 Å². The number of anilines is 1. The van der Waals surface area contributed by atoms with Gasteiger partial charge in [0.15, 0.2) is 5.78 Å². The Bertz CT molecular complexity index is 610. The SMILES string of the molecule is CCCCS(=O)(=O)N1CCC(=O)c2cc(OC)ccc21. The number of carbonyl (C=O) groups excluding carboxylic acids is 1. The second kappa shape index (κ2) is 5.83. The predicted octanol–water partition coefficient (Wildman–Crippen LogP) is 2.22. The van der Waals surface area contributed by atoms with Gasteiger partial charge in [0.1, 0.15) is 5.75 Å². The highest BCUT2D eigenvalue weighted by Gasteiger charge is 2.30. The van der Waals surface area contributed by atoms with Crippen molar-refractivity contribution in [2.24, 2.45) is 0 Å². The fourth-order valence-corrected chi connectivity index (χ4v) is 3.97. The highest BCUT2D eigenvalue weighted by atomic mass is 32.2. The minimum Gasteiger partial charge on any atom is -0.497 e. The molecule has 0 aromatic heterocycles. The third kappa shape index (κ3) is 2.80. The largest absolute Gasteiger partial charge is 0.497 e. The van der Waals surface area contributed by atoms with Gasteiger partial charge in [0.25, 0.3) is 0 Å². The van der Waals surface area contributed by atoms with Crippen molar-refractivity contribution in [2.45, 2.75) is 26.2 Å². The molecular weight excluding hydrogens is 278 g/mol. The van der Waals surface area contributed by atoms with E-state index < -0.39 is 10.0 Å². The van der Waals surface area contributed by atoms with Crippen LogP contribution in [0, 0.1) is 0 Å². The van der Waals surface area contributed by atoms with Gasteiger partial charge in [0.2, 0.25) is 10.0 Å². The second-order valence-electron chi connectivity index (χ2n) is 4.80. The van der Waals surface area contributed by atoms with E-state index in [9.17, 15) is 13.2 Å². The number of nitrogens with zero attached hydrogens (tertiary/aromatic N) is 1. The number of Topliss-reactive ketones (excluding diaryl/α,β-unsaturated/α-hetero) is 1. The van der Waals surface area contributed by atoms with E-state index in [1.54, 1.807) is 18.2 Å². The first-order valence-electron chi connectivity index (χ1n) is 6.71. The lowest BCUT2D eigenvalue weighted by molar-refractivity contribution is 0.0981. The summed E-state index contributed by atoms with van der Waals surface area (Å²) in [6.07, 6.45) is 1.66. The molecule has 0 atom stereocenters. The Kier molecular flexibility index (Phi) is 4.32. The van der Waals surface area contributed by atoms with Crippen LogP contribution in [0.25, 0.3) is 0 Å². The van der Waals surface area contributed by atoms with Gasteiger partial charge >= 0.3 is 0 Å². The lowest BCUT2D eigenvalue weighted by Crippen LogP contribution is -2.38. The van der Waals surface area contributed by atoms with Crippen molar-refractivity contribution in [1.29, 1.82) is 0 Å². The number of ether oxygens (including phenoxy) is 1. The molecule has 1 heterocycles. The Morgan fingerprint density at radius 1 is 1.35 bits per heavy atom. The maximum absolute atomic E-state index is 12.4. The van der Waals surface area contributed by atoms with Crippen LogP contribution in [0.2, 0.25) is 0 Å². The molecule has 1 aromatic carbocycles. The molecule has 1 aromatic rings. The Labute approximate surface area is 119 Å². The molecule has 0 aliphatic carbocycles. The van der Waals surface area contributed by atoms with Gasteiger partial charge in [-0.2, -0.15) is 0 Å². The van der Waals surface area contributed by atoms with Gasteiger partial charge < -0.3 is 4.74 Å². The van der Waals surface area contributed by atoms with E-state index in [1.165, 1.54) is 11.4 Å². The molecule has 0 unspecified atom stereocenters. The number of methoxy groups -OCH3 is 1. The summed E-state index contributed by atoms with van der Waals surface area (Å²) < 4.78 is 31.2. The number of benzene rings is 1. The Hall–Kier alpha value is -1.56. The first kappa shape index (κ1) is 14.8. The average Bonchev–Trinajstić information content (AvgIpc) is 2.45. The van der Waals surface area contributed by atoms with Gasteiger partial charge in [0.05, 0.1) is 18.6 Å². The standard InChI is InChI=1S/C14H19NO4S/c1-3-4-9-20(17,18)15-8-7-14(16)12-10-11(19-2)5-6-13(12)15/h5-6,10H,3-4,7-9H2,1-2H3. The van der Waals surface area contributed by atoms with Crippen molar-refractivity contribution >= 4 is 21.5 Å². The van der Waals surface area contributed by atoms with Gasteiger partial charge in [-0.15, -0.1) is 0 Å². The minimum absolute atomic E-state index is 0.0409. The smallest absolute Gasteiger partial charge is 0.235 e. The molecular formula is C14H19NO4S.